The fourth-order valence-corrected chi connectivity index (χ4v) is 2.42. The maximum atomic E-state index is 12.4. The SMILES string of the molecule is Cc1ccc(C(C)C(=O)Nc2ccc3cnccc3c2)cc1. The molecule has 0 fully saturated rings. The van der Waals surface area contributed by atoms with E-state index in [0.29, 0.717) is 0 Å². The second-order valence-electron chi connectivity index (χ2n) is 5.56. The highest BCUT2D eigenvalue weighted by Crippen LogP contribution is 2.21. The van der Waals surface area contributed by atoms with Crippen LogP contribution in [0, 0.1) is 6.92 Å². The van der Waals surface area contributed by atoms with Crippen LogP contribution in [0.4, 0.5) is 5.69 Å². The van der Waals surface area contributed by atoms with Gasteiger partial charge in [-0.15, -0.1) is 0 Å². The maximum absolute atomic E-state index is 12.4. The van der Waals surface area contributed by atoms with Crippen LogP contribution in [0.5, 0.6) is 0 Å². The normalized spacial score (nSPS) is 12.1. The monoisotopic (exact) mass is 290 g/mol. The number of hydrogen-bond acceptors (Lipinski definition) is 2. The molecule has 0 saturated heterocycles. The molecule has 0 saturated carbocycles. The second-order valence-corrected chi connectivity index (χ2v) is 5.56. The van der Waals surface area contributed by atoms with E-state index in [0.717, 1.165) is 22.0 Å². The van der Waals surface area contributed by atoms with Gasteiger partial charge in [0.2, 0.25) is 5.91 Å². The van der Waals surface area contributed by atoms with Crippen molar-refractivity contribution in [2.24, 2.45) is 0 Å². The Balaban J connectivity index is 1.78. The Morgan fingerprint density at radius 2 is 1.82 bits per heavy atom. The smallest absolute Gasteiger partial charge is 0.231 e. The first-order valence-corrected chi connectivity index (χ1v) is 7.35. The average Bonchev–Trinajstić information content (AvgIpc) is 2.55. The predicted molar refractivity (Wildman–Crippen MR) is 90.0 cm³/mol. The van der Waals surface area contributed by atoms with Crippen molar-refractivity contribution in [3.8, 4) is 0 Å². The second kappa shape index (κ2) is 5.98. The number of nitrogens with zero attached hydrogens (tertiary/aromatic N) is 1. The third-order valence-electron chi connectivity index (χ3n) is 3.88. The Hall–Kier alpha value is -2.68. The summed E-state index contributed by atoms with van der Waals surface area (Å²) >= 11 is 0. The summed E-state index contributed by atoms with van der Waals surface area (Å²) in [4.78, 5) is 16.5. The van der Waals surface area contributed by atoms with Gasteiger partial charge in [0.1, 0.15) is 0 Å². The molecule has 3 heteroatoms. The van der Waals surface area contributed by atoms with Crippen LogP contribution in [-0.4, -0.2) is 10.9 Å². The van der Waals surface area contributed by atoms with Crippen LogP contribution in [0.2, 0.25) is 0 Å². The minimum Gasteiger partial charge on any atom is -0.326 e. The van der Waals surface area contributed by atoms with Crippen molar-refractivity contribution < 1.29 is 4.79 Å². The molecule has 0 aliphatic carbocycles. The topological polar surface area (TPSA) is 42.0 Å². The largest absolute Gasteiger partial charge is 0.326 e. The van der Waals surface area contributed by atoms with Gasteiger partial charge in [-0.05, 0) is 43.0 Å². The number of aryl methyl sites for hydroxylation is 1. The van der Waals surface area contributed by atoms with Crippen LogP contribution in [0.3, 0.4) is 0 Å². The first-order chi connectivity index (χ1) is 10.6. The first-order valence-electron chi connectivity index (χ1n) is 7.35. The lowest BCUT2D eigenvalue weighted by molar-refractivity contribution is -0.117. The van der Waals surface area contributed by atoms with Gasteiger partial charge < -0.3 is 5.32 Å². The molecule has 1 amide bonds. The van der Waals surface area contributed by atoms with E-state index < -0.39 is 0 Å². The molecular weight excluding hydrogens is 272 g/mol. The van der Waals surface area contributed by atoms with E-state index in [2.05, 4.69) is 10.3 Å². The van der Waals surface area contributed by atoms with E-state index in [1.165, 1.54) is 5.56 Å². The summed E-state index contributed by atoms with van der Waals surface area (Å²) in [6.45, 7) is 3.96. The zero-order chi connectivity index (χ0) is 15.5. The van der Waals surface area contributed by atoms with E-state index in [1.807, 2.05) is 68.6 Å². The lowest BCUT2D eigenvalue weighted by atomic mass is 9.99. The lowest BCUT2D eigenvalue weighted by Gasteiger charge is -2.13. The van der Waals surface area contributed by atoms with Gasteiger partial charge in [0, 0.05) is 23.5 Å². The van der Waals surface area contributed by atoms with Gasteiger partial charge in [0.25, 0.3) is 0 Å². The van der Waals surface area contributed by atoms with Gasteiger partial charge in [-0.3, -0.25) is 9.78 Å². The molecule has 3 rings (SSSR count). The van der Waals surface area contributed by atoms with Crippen molar-refractivity contribution in [2.75, 3.05) is 5.32 Å². The molecule has 0 spiro atoms. The minimum atomic E-state index is -0.186. The van der Waals surface area contributed by atoms with Gasteiger partial charge in [-0.2, -0.15) is 0 Å². The molecule has 2 aromatic carbocycles. The Labute approximate surface area is 130 Å². The highest BCUT2D eigenvalue weighted by atomic mass is 16.1. The van der Waals surface area contributed by atoms with E-state index in [1.54, 1.807) is 6.20 Å². The zero-order valence-corrected chi connectivity index (χ0v) is 12.7. The minimum absolute atomic E-state index is 0.00254. The Morgan fingerprint density at radius 1 is 1.05 bits per heavy atom. The highest BCUT2D eigenvalue weighted by molar-refractivity contribution is 5.97. The quantitative estimate of drug-likeness (QED) is 0.782. The van der Waals surface area contributed by atoms with Gasteiger partial charge in [0.05, 0.1) is 5.92 Å². The third kappa shape index (κ3) is 2.98. The molecule has 1 aromatic heterocycles. The number of rotatable bonds is 3. The number of pyridine rings is 1. The van der Waals surface area contributed by atoms with Crippen molar-refractivity contribution in [3.63, 3.8) is 0 Å². The van der Waals surface area contributed by atoms with Crippen LogP contribution < -0.4 is 5.32 Å². The van der Waals surface area contributed by atoms with Crippen LogP contribution in [0.15, 0.2) is 60.9 Å². The summed E-state index contributed by atoms with van der Waals surface area (Å²) in [7, 11) is 0. The summed E-state index contributed by atoms with van der Waals surface area (Å²) in [5.74, 6) is -0.189. The number of aromatic nitrogens is 1. The molecule has 1 N–H and O–H groups in total. The van der Waals surface area contributed by atoms with Crippen LogP contribution >= 0.6 is 0 Å². The van der Waals surface area contributed by atoms with Crippen molar-refractivity contribution in [1.82, 2.24) is 4.98 Å². The fourth-order valence-electron chi connectivity index (χ4n) is 2.42. The first kappa shape index (κ1) is 14.3. The van der Waals surface area contributed by atoms with Crippen LogP contribution in [0.1, 0.15) is 24.0 Å². The number of hydrogen-bond donors (Lipinski definition) is 1. The number of carbonyl (C=O) groups is 1. The summed E-state index contributed by atoms with van der Waals surface area (Å²) in [6.07, 6.45) is 3.57. The van der Waals surface area contributed by atoms with Crippen LogP contribution in [0.25, 0.3) is 10.8 Å². The molecule has 3 nitrogen and oxygen atoms in total. The predicted octanol–water partition coefficient (Wildman–Crippen LogP) is 4.29. The third-order valence-corrected chi connectivity index (χ3v) is 3.88. The van der Waals surface area contributed by atoms with E-state index >= 15 is 0 Å². The Morgan fingerprint density at radius 3 is 2.59 bits per heavy atom. The number of nitrogens with one attached hydrogen (secondary N) is 1. The summed E-state index contributed by atoms with van der Waals surface area (Å²) in [5, 5.41) is 5.12. The van der Waals surface area contributed by atoms with Gasteiger partial charge in [0.15, 0.2) is 0 Å². The van der Waals surface area contributed by atoms with E-state index in [-0.39, 0.29) is 11.8 Å². The summed E-state index contributed by atoms with van der Waals surface area (Å²) in [5.41, 5.74) is 3.02. The van der Waals surface area contributed by atoms with E-state index in [9.17, 15) is 4.79 Å². The van der Waals surface area contributed by atoms with Crippen molar-refractivity contribution >= 4 is 22.4 Å². The summed E-state index contributed by atoms with van der Waals surface area (Å²) in [6, 6.07) is 15.9. The van der Waals surface area contributed by atoms with Gasteiger partial charge in [-0.25, -0.2) is 0 Å². The number of amides is 1. The molecule has 0 radical (unpaired) electrons. The standard InChI is InChI=1S/C19H18N2O/c1-13-3-5-15(6-4-13)14(2)19(22)21-18-8-7-17-12-20-10-9-16(17)11-18/h3-12,14H,1-2H3,(H,21,22). The molecule has 110 valence electrons. The number of anilines is 1. The van der Waals surface area contributed by atoms with Crippen molar-refractivity contribution in [3.05, 3.63) is 72.1 Å². The molecule has 0 aliphatic heterocycles. The summed E-state index contributed by atoms with van der Waals surface area (Å²) < 4.78 is 0. The van der Waals surface area contributed by atoms with Crippen molar-refractivity contribution in [2.45, 2.75) is 19.8 Å². The number of carbonyl (C=O) groups excluding carboxylic acids is 1. The highest BCUT2D eigenvalue weighted by Gasteiger charge is 2.15. The van der Waals surface area contributed by atoms with Gasteiger partial charge >= 0.3 is 0 Å². The molecule has 0 aliphatic rings. The average molecular weight is 290 g/mol. The molecule has 0 bridgehead atoms. The molecule has 1 unspecified atom stereocenters. The maximum Gasteiger partial charge on any atom is 0.231 e. The number of fused-ring (bicyclic) bond motifs is 1. The fraction of sp³-hybridized carbons (Fsp3) is 0.158. The van der Waals surface area contributed by atoms with Gasteiger partial charge in [-0.1, -0.05) is 35.9 Å². The number of benzene rings is 2. The zero-order valence-electron chi connectivity index (χ0n) is 12.7. The lowest BCUT2D eigenvalue weighted by Crippen LogP contribution is -2.18. The molecule has 3 aromatic rings. The molecule has 22 heavy (non-hydrogen) atoms. The molecule has 1 heterocycles. The molecular formula is C19H18N2O. The van der Waals surface area contributed by atoms with E-state index in [4.69, 9.17) is 0 Å². The van der Waals surface area contributed by atoms with Crippen molar-refractivity contribution in [1.29, 1.82) is 0 Å². The molecule has 1 atom stereocenters. The Bertz CT molecular complexity index is 809. The van der Waals surface area contributed by atoms with Crippen LogP contribution in [-0.2, 0) is 4.79 Å². The Kier molecular flexibility index (Phi) is 3.88.